The first-order chi connectivity index (χ1) is 7.56. The first-order valence-corrected chi connectivity index (χ1v) is 6.13. The van der Waals surface area contributed by atoms with Gasteiger partial charge in [0.2, 0.25) is 0 Å². The highest BCUT2D eigenvalue weighted by Crippen LogP contribution is 2.34. The number of nitrogens with one attached hydrogen (secondary N) is 1. The van der Waals surface area contributed by atoms with E-state index in [1.54, 1.807) is 0 Å². The van der Waals surface area contributed by atoms with Gasteiger partial charge in [0.25, 0.3) is 0 Å². The Morgan fingerprint density at radius 2 is 2.00 bits per heavy atom. The molecule has 1 aromatic carbocycles. The number of aromatic hydroxyl groups is 1. The predicted molar refractivity (Wildman–Crippen MR) is 68.0 cm³/mol. The highest BCUT2D eigenvalue weighted by Gasteiger charge is 2.23. The molecule has 1 fully saturated rings. The molecule has 1 aromatic rings. The van der Waals surface area contributed by atoms with Gasteiger partial charge in [-0.2, -0.15) is 0 Å². The molecule has 1 aliphatic carbocycles. The van der Waals surface area contributed by atoms with E-state index in [1.807, 2.05) is 26.0 Å². The first-order valence-electron chi connectivity index (χ1n) is 6.13. The molecule has 0 amide bonds. The third kappa shape index (κ3) is 2.69. The Bertz CT molecular complexity index is 383. The van der Waals surface area contributed by atoms with Crippen molar-refractivity contribution in [1.82, 2.24) is 0 Å². The van der Waals surface area contributed by atoms with Crippen LogP contribution in [-0.2, 0) is 0 Å². The molecule has 1 unspecified atom stereocenters. The van der Waals surface area contributed by atoms with Crippen LogP contribution in [0.5, 0.6) is 5.75 Å². The molecule has 0 aromatic heterocycles. The summed E-state index contributed by atoms with van der Waals surface area (Å²) in [5.41, 5.74) is 3.21. The topological polar surface area (TPSA) is 32.3 Å². The van der Waals surface area contributed by atoms with Crippen molar-refractivity contribution in [3.8, 4) is 5.75 Å². The summed E-state index contributed by atoms with van der Waals surface area (Å²) in [6.07, 6.45) is 4.07. The molecule has 2 rings (SSSR count). The predicted octanol–water partition coefficient (Wildman–Crippen LogP) is 3.61. The van der Waals surface area contributed by atoms with Gasteiger partial charge in [-0.05, 0) is 56.4 Å². The van der Waals surface area contributed by atoms with Crippen molar-refractivity contribution in [3.05, 3.63) is 23.3 Å². The van der Waals surface area contributed by atoms with Gasteiger partial charge in [-0.3, -0.25) is 0 Å². The van der Waals surface area contributed by atoms with E-state index >= 15 is 0 Å². The molecular formula is C14H21NO. The highest BCUT2D eigenvalue weighted by atomic mass is 16.3. The highest BCUT2D eigenvalue weighted by molar-refractivity contribution is 5.57. The van der Waals surface area contributed by atoms with Gasteiger partial charge in [-0.15, -0.1) is 0 Å². The van der Waals surface area contributed by atoms with Crippen molar-refractivity contribution in [2.75, 3.05) is 5.32 Å². The molecule has 0 aliphatic heterocycles. The van der Waals surface area contributed by atoms with Crippen LogP contribution in [0.1, 0.15) is 37.3 Å². The zero-order valence-electron chi connectivity index (χ0n) is 10.4. The van der Waals surface area contributed by atoms with Gasteiger partial charge in [0, 0.05) is 11.7 Å². The van der Waals surface area contributed by atoms with E-state index < -0.39 is 0 Å². The van der Waals surface area contributed by atoms with Crippen molar-refractivity contribution >= 4 is 5.69 Å². The normalized spacial score (nSPS) is 17.2. The summed E-state index contributed by atoms with van der Waals surface area (Å²) < 4.78 is 0. The number of hydrogen-bond donors (Lipinski definition) is 2. The minimum atomic E-state index is 0.387. The fourth-order valence-corrected chi connectivity index (χ4v) is 2.13. The number of rotatable bonds is 4. The summed E-state index contributed by atoms with van der Waals surface area (Å²) in [5.74, 6) is 1.33. The fourth-order valence-electron chi connectivity index (χ4n) is 2.13. The number of phenols is 1. The van der Waals surface area contributed by atoms with Gasteiger partial charge in [0.1, 0.15) is 5.75 Å². The summed E-state index contributed by atoms with van der Waals surface area (Å²) >= 11 is 0. The molecule has 0 heterocycles. The summed E-state index contributed by atoms with van der Waals surface area (Å²) in [6.45, 7) is 6.21. The van der Waals surface area contributed by atoms with E-state index in [2.05, 4.69) is 12.2 Å². The van der Waals surface area contributed by atoms with Crippen LogP contribution in [0.2, 0.25) is 0 Å². The number of hydrogen-bond acceptors (Lipinski definition) is 2. The molecule has 0 spiro atoms. The maximum absolute atomic E-state index is 9.59. The van der Waals surface area contributed by atoms with Crippen LogP contribution < -0.4 is 5.32 Å². The Morgan fingerprint density at radius 1 is 1.31 bits per heavy atom. The Balaban J connectivity index is 2.04. The second-order valence-electron chi connectivity index (χ2n) is 5.18. The Hall–Kier alpha value is -1.18. The van der Waals surface area contributed by atoms with Gasteiger partial charge < -0.3 is 10.4 Å². The lowest BCUT2D eigenvalue weighted by atomic mass is 10.1. The molecule has 1 aliphatic rings. The molecule has 0 radical (unpaired) electrons. The zero-order chi connectivity index (χ0) is 11.7. The third-order valence-electron chi connectivity index (χ3n) is 3.33. The standard InChI is InChI=1S/C14H21NO/c1-9-7-14(16)10(2)6-13(9)15-11(3)8-12-4-5-12/h6-7,11-12,15-16H,4-5,8H2,1-3H3. The van der Waals surface area contributed by atoms with Crippen LogP contribution in [0.15, 0.2) is 12.1 Å². The van der Waals surface area contributed by atoms with Gasteiger partial charge in [-0.25, -0.2) is 0 Å². The SMILES string of the molecule is Cc1cc(NC(C)CC2CC2)c(C)cc1O. The minimum Gasteiger partial charge on any atom is -0.508 e. The Kier molecular flexibility index (Phi) is 3.08. The van der Waals surface area contributed by atoms with Crippen molar-refractivity contribution in [1.29, 1.82) is 0 Å². The average Bonchev–Trinajstić information content (AvgIpc) is 2.98. The number of benzene rings is 1. The second-order valence-corrected chi connectivity index (χ2v) is 5.18. The quantitative estimate of drug-likeness (QED) is 0.758. The minimum absolute atomic E-state index is 0.387. The van der Waals surface area contributed by atoms with E-state index in [1.165, 1.54) is 19.3 Å². The summed E-state index contributed by atoms with van der Waals surface area (Å²) in [5, 5.41) is 13.1. The lowest BCUT2D eigenvalue weighted by molar-refractivity contribution is 0.470. The molecule has 1 atom stereocenters. The molecule has 1 saturated carbocycles. The van der Waals surface area contributed by atoms with Gasteiger partial charge in [0.05, 0.1) is 0 Å². The Morgan fingerprint density at radius 3 is 2.62 bits per heavy atom. The summed E-state index contributed by atoms with van der Waals surface area (Å²) in [6, 6.07) is 4.39. The van der Waals surface area contributed by atoms with Crippen LogP contribution >= 0.6 is 0 Å². The van der Waals surface area contributed by atoms with E-state index in [0.717, 1.165) is 22.7 Å². The first kappa shape index (κ1) is 11.3. The van der Waals surface area contributed by atoms with Crippen LogP contribution in [0.25, 0.3) is 0 Å². The van der Waals surface area contributed by atoms with E-state index in [-0.39, 0.29) is 0 Å². The number of phenolic OH excluding ortho intramolecular Hbond substituents is 1. The van der Waals surface area contributed by atoms with Gasteiger partial charge >= 0.3 is 0 Å². The van der Waals surface area contributed by atoms with Crippen molar-refractivity contribution in [3.63, 3.8) is 0 Å². The average molecular weight is 219 g/mol. The molecule has 2 N–H and O–H groups in total. The fraction of sp³-hybridized carbons (Fsp3) is 0.571. The zero-order valence-corrected chi connectivity index (χ0v) is 10.4. The van der Waals surface area contributed by atoms with Crippen molar-refractivity contribution < 1.29 is 5.11 Å². The smallest absolute Gasteiger partial charge is 0.118 e. The molecule has 88 valence electrons. The van der Waals surface area contributed by atoms with E-state index in [0.29, 0.717) is 11.8 Å². The van der Waals surface area contributed by atoms with Crippen molar-refractivity contribution in [2.24, 2.45) is 5.92 Å². The van der Waals surface area contributed by atoms with Crippen molar-refractivity contribution in [2.45, 2.75) is 46.1 Å². The lowest BCUT2D eigenvalue weighted by Gasteiger charge is -2.17. The largest absolute Gasteiger partial charge is 0.508 e. The molecule has 0 bridgehead atoms. The van der Waals surface area contributed by atoms with Crippen LogP contribution in [0, 0.1) is 19.8 Å². The molecule has 16 heavy (non-hydrogen) atoms. The van der Waals surface area contributed by atoms with Crippen LogP contribution in [0.3, 0.4) is 0 Å². The van der Waals surface area contributed by atoms with Crippen LogP contribution in [-0.4, -0.2) is 11.1 Å². The number of anilines is 1. The van der Waals surface area contributed by atoms with Crippen LogP contribution in [0.4, 0.5) is 5.69 Å². The maximum Gasteiger partial charge on any atom is 0.118 e. The molecule has 2 heteroatoms. The lowest BCUT2D eigenvalue weighted by Crippen LogP contribution is -2.16. The molecular weight excluding hydrogens is 198 g/mol. The van der Waals surface area contributed by atoms with E-state index in [9.17, 15) is 5.11 Å². The molecule has 0 saturated heterocycles. The van der Waals surface area contributed by atoms with Gasteiger partial charge in [-0.1, -0.05) is 12.8 Å². The molecule has 2 nitrogen and oxygen atoms in total. The maximum atomic E-state index is 9.59. The van der Waals surface area contributed by atoms with Gasteiger partial charge in [0.15, 0.2) is 0 Å². The summed E-state index contributed by atoms with van der Waals surface area (Å²) in [4.78, 5) is 0. The third-order valence-corrected chi connectivity index (χ3v) is 3.33. The Labute approximate surface area is 97.7 Å². The number of aryl methyl sites for hydroxylation is 2. The monoisotopic (exact) mass is 219 g/mol. The second kappa shape index (κ2) is 4.36. The van der Waals surface area contributed by atoms with E-state index in [4.69, 9.17) is 0 Å². The summed E-state index contributed by atoms with van der Waals surface area (Å²) in [7, 11) is 0.